The van der Waals surface area contributed by atoms with Gasteiger partial charge in [-0.3, -0.25) is 4.79 Å². The molecule has 0 bridgehead atoms. The first-order chi connectivity index (χ1) is 14.6. The molecule has 1 amide bonds. The highest BCUT2D eigenvalue weighted by Crippen LogP contribution is 2.51. The number of amides is 1. The number of nitrogens with one attached hydrogen (secondary N) is 1. The summed E-state index contributed by atoms with van der Waals surface area (Å²) in [5.41, 5.74) is 4.39. The lowest BCUT2D eigenvalue weighted by molar-refractivity contribution is -0.118. The van der Waals surface area contributed by atoms with Gasteiger partial charge in [0.2, 0.25) is 12.7 Å². The molecule has 152 valence electrons. The molecule has 2 aliphatic rings. The lowest BCUT2D eigenvalue weighted by Crippen LogP contribution is -2.27. The molecule has 5 nitrogen and oxygen atoms in total. The Hall–Kier alpha value is -3.47. The SMILES string of the molecule is COc1ccc(NC(=O)C2(c3ccc4c(c3)OCO4)CC2)cc1-c1cccc(C)c1. The number of rotatable bonds is 5. The van der Waals surface area contributed by atoms with Crippen molar-refractivity contribution in [2.45, 2.75) is 25.2 Å². The van der Waals surface area contributed by atoms with Gasteiger partial charge in [0.05, 0.1) is 12.5 Å². The number of benzene rings is 3. The minimum absolute atomic E-state index is 0.00160. The normalized spacial score (nSPS) is 15.5. The van der Waals surface area contributed by atoms with E-state index >= 15 is 0 Å². The molecule has 1 saturated carbocycles. The van der Waals surface area contributed by atoms with E-state index in [-0.39, 0.29) is 12.7 Å². The van der Waals surface area contributed by atoms with E-state index in [0.717, 1.165) is 46.7 Å². The molecule has 0 radical (unpaired) electrons. The highest BCUT2D eigenvalue weighted by molar-refractivity contribution is 6.02. The van der Waals surface area contributed by atoms with Crippen molar-refractivity contribution in [1.29, 1.82) is 0 Å². The van der Waals surface area contributed by atoms with Crippen LogP contribution in [0.2, 0.25) is 0 Å². The van der Waals surface area contributed by atoms with Crippen molar-refractivity contribution >= 4 is 11.6 Å². The molecule has 0 spiro atoms. The fourth-order valence-electron chi connectivity index (χ4n) is 4.04. The molecule has 1 heterocycles. The number of anilines is 1. The van der Waals surface area contributed by atoms with Gasteiger partial charge in [0.1, 0.15) is 5.75 Å². The fourth-order valence-corrected chi connectivity index (χ4v) is 4.04. The van der Waals surface area contributed by atoms with E-state index < -0.39 is 5.41 Å². The van der Waals surface area contributed by atoms with Gasteiger partial charge >= 0.3 is 0 Å². The standard InChI is InChI=1S/C25H23NO4/c1-16-4-3-5-17(12-16)20-14-19(7-9-21(20)28-2)26-24(27)25(10-11-25)18-6-8-22-23(13-18)30-15-29-22/h3-9,12-14H,10-11,15H2,1-2H3,(H,26,27). The predicted octanol–water partition coefficient (Wildman–Crippen LogP) is 5.07. The zero-order valence-corrected chi connectivity index (χ0v) is 17.0. The van der Waals surface area contributed by atoms with Crippen molar-refractivity contribution in [2.75, 3.05) is 19.2 Å². The van der Waals surface area contributed by atoms with Crippen LogP contribution < -0.4 is 19.5 Å². The van der Waals surface area contributed by atoms with Gasteiger partial charge in [-0.15, -0.1) is 0 Å². The largest absolute Gasteiger partial charge is 0.496 e. The molecule has 5 rings (SSSR count). The second kappa shape index (κ2) is 7.10. The van der Waals surface area contributed by atoms with E-state index in [2.05, 4.69) is 24.4 Å². The second-order valence-corrected chi connectivity index (χ2v) is 7.89. The molecule has 5 heteroatoms. The van der Waals surface area contributed by atoms with Gasteiger partial charge in [-0.2, -0.15) is 0 Å². The summed E-state index contributed by atoms with van der Waals surface area (Å²) in [6.45, 7) is 2.29. The van der Waals surface area contributed by atoms with E-state index in [1.165, 1.54) is 5.56 Å². The number of carbonyl (C=O) groups excluding carboxylic acids is 1. The average molecular weight is 401 g/mol. The second-order valence-electron chi connectivity index (χ2n) is 7.89. The quantitative estimate of drug-likeness (QED) is 0.649. The van der Waals surface area contributed by atoms with E-state index in [1.54, 1.807) is 7.11 Å². The first-order valence-electron chi connectivity index (χ1n) is 10.1. The fraction of sp³-hybridized carbons (Fsp3) is 0.240. The number of carbonyl (C=O) groups is 1. The van der Waals surface area contributed by atoms with Crippen LogP contribution in [0.4, 0.5) is 5.69 Å². The molecule has 1 aliphatic carbocycles. The Morgan fingerprint density at radius 2 is 1.83 bits per heavy atom. The average Bonchev–Trinajstić information content (AvgIpc) is 3.44. The van der Waals surface area contributed by atoms with Crippen LogP contribution in [-0.2, 0) is 10.2 Å². The Morgan fingerprint density at radius 3 is 2.60 bits per heavy atom. The Morgan fingerprint density at radius 1 is 1.00 bits per heavy atom. The summed E-state index contributed by atoms with van der Waals surface area (Å²) in [5.74, 6) is 2.21. The van der Waals surface area contributed by atoms with Crippen LogP contribution in [0, 0.1) is 6.92 Å². The summed E-state index contributed by atoms with van der Waals surface area (Å²) >= 11 is 0. The minimum atomic E-state index is -0.510. The van der Waals surface area contributed by atoms with Crippen molar-refractivity contribution in [3.63, 3.8) is 0 Å². The highest BCUT2D eigenvalue weighted by atomic mass is 16.7. The van der Waals surface area contributed by atoms with Gasteiger partial charge in [0.25, 0.3) is 0 Å². The number of hydrogen-bond acceptors (Lipinski definition) is 4. The van der Waals surface area contributed by atoms with Crippen LogP contribution in [0.3, 0.4) is 0 Å². The zero-order chi connectivity index (χ0) is 20.7. The first-order valence-corrected chi connectivity index (χ1v) is 10.1. The Labute approximate surface area is 175 Å². The highest BCUT2D eigenvalue weighted by Gasteiger charge is 2.51. The number of aryl methyl sites for hydroxylation is 1. The third kappa shape index (κ3) is 3.16. The van der Waals surface area contributed by atoms with Gasteiger partial charge < -0.3 is 19.5 Å². The molecule has 1 N–H and O–H groups in total. The lowest BCUT2D eigenvalue weighted by atomic mass is 9.94. The smallest absolute Gasteiger partial charge is 0.235 e. The van der Waals surface area contributed by atoms with Crippen molar-refractivity contribution in [2.24, 2.45) is 0 Å². The van der Waals surface area contributed by atoms with Crippen LogP contribution in [0.25, 0.3) is 11.1 Å². The van der Waals surface area contributed by atoms with Crippen molar-refractivity contribution < 1.29 is 19.0 Å². The van der Waals surface area contributed by atoms with Gasteiger partial charge in [0, 0.05) is 11.3 Å². The molecule has 1 fully saturated rings. The Bertz CT molecular complexity index is 1130. The maximum absolute atomic E-state index is 13.2. The Kier molecular flexibility index (Phi) is 4.39. The number of methoxy groups -OCH3 is 1. The summed E-state index contributed by atoms with van der Waals surface area (Å²) < 4.78 is 16.4. The molecule has 0 atom stereocenters. The molecule has 30 heavy (non-hydrogen) atoms. The van der Waals surface area contributed by atoms with Gasteiger partial charge in [-0.25, -0.2) is 0 Å². The molecule has 0 aromatic heterocycles. The van der Waals surface area contributed by atoms with Crippen LogP contribution in [0.1, 0.15) is 24.0 Å². The molecule has 1 aliphatic heterocycles. The van der Waals surface area contributed by atoms with Crippen LogP contribution >= 0.6 is 0 Å². The van der Waals surface area contributed by atoms with E-state index in [9.17, 15) is 4.79 Å². The summed E-state index contributed by atoms with van der Waals surface area (Å²) in [6.07, 6.45) is 1.64. The van der Waals surface area contributed by atoms with Crippen LogP contribution in [0.15, 0.2) is 60.7 Å². The maximum atomic E-state index is 13.2. The predicted molar refractivity (Wildman–Crippen MR) is 115 cm³/mol. The van der Waals surface area contributed by atoms with Crippen molar-refractivity contribution in [3.8, 4) is 28.4 Å². The monoisotopic (exact) mass is 401 g/mol. The molecular weight excluding hydrogens is 378 g/mol. The lowest BCUT2D eigenvalue weighted by Gasteiger charge is -2.18. The molecule has 0 saturated heterocycles. The maximum Gasteiger partial charge on any atom is 0.235 e. The van der Waals surface area contributed by atoms with Crippen molar-refractivity contribution in [3.05, 3.63) is 71.8 Å². The third-order valence-electron chi connectivity index (χ3n) is 5.90. The summed E-state index contributed by atoms with van der Waals surface area (Å²) in [5, 5.41) is 3.12. The van der Waals surface area contributed by atoms with Gasteiger partial charge in [-0.05, 0) is 61.2 Å². The molecule has 3 aromatic carbocycles. The number of fused-ring (bicyclic) bond motifs is 1. The molecule has 0 unspecified atom stereocenters. The first kappa shape index (κ1) is 18.6. The van der Waals surface area contributed by atoms with E-state index in [4.69, 9.17) is 14.2 Å². The summed E-state index contributed by atoms with van der Waals surface area (Å²) in [6, 6.07) is 19.8. The summed E-state index contributed by atoms with van der Waals surface area (Å²) in [4.78, 5) is 13.2. The minimum Gasteiger partial charge on any atom is -0.496 e. The summed E-state index contributed by atoms with van der Waals surface area (Å²) in [7, 11) is 1.66. The van der Waals surface area contributed by atoms with Crippen LogP contribution in [-0.4, -0.2) is 19.8 Å². The number of ether oxygens (including phenoxy) is 3. The van der Waals surface area contributed by atoms with Crippen molar-refractivity contribution in [1.82, 2.24) is 0 Å². The molecule has 3 aromatic rings. The van der Waals surface area contributed by atoms with E-state index in [1.807, 2.05) is 48.5 Å². The number of hydrogen-bond donors (Lipinski definition) is 1. The van der Waals surface area contributed by atoms with E-state index in [0.29, 0.717) is 5.75 Å². The third-order valence-corrected chi connectivity index (χ3v) is 5.90. The topological polar surface area (TPSA) is 56.8 Å². The molecular formula is C25H23NO4. The Balaban J connectivity index is 1.43. The van der Waals surface area contributed by atoms with Gasteiger partial charge in [-0.1, -0.05) is 35.9 Å². The van der Waals surface area contributed by atoms with Gasteiger partial charge in [0.15, 0.2) is 11.5 Å². The van der Waals surface area contributed by atoms with Crippen LogP contribution in [0.5, 0.6) is 17.2 Å². The zero-order valence-electron chi connectivity index (χ0n) is 17.0.